The van der Waals surface area contributed by atoms with Gasteiger partial charge in [0.25, 0.3) is 0 Å². The zero-order valence-corrected chi connectivity index (χ0v) is 13.8. The Morgan fingerprint density at radius 1 is 1.04 bits per heavy atom. The molecule has 2 heterocycles. The molecule has 1 spiro atoms. The van der Waals surface area contributed by atoms with Crippen LogP contribution in [0.5, 0.6) is 5.75 Å². The molecule has 0 aromatic heterocycles. The van der Waals surface area contributed by atoms with E-state index in [0.29, 0.717) is 0 Å². The van der Waals surface area contributed by atoms with E-state index in [4.69, 9.17) is 9.47 Å². The first-order valence-electron chi connectivity index (χ1n) is 8.32. The van der Waals surface area contributed by atoms with Gasteiger partial charge in [-0.1, -0.05) is 36.4 Å². The molecule has 4 rings (SSSR count). The van der Waals surface area contributed by atoms with Crippen molar-refractivity contribution in [3.05, 3.63) is 65.2 Å². The highest BCUT2D eigenvalue weighted by Crippen LogP contribution is 2.51. The van der Waals surface area contributed by atoms with Crippen molar-refractivity contribution < 1.29 is 9.47 Å². The van der Waals surface area contributed by atoms with Gasteiger partial charge in [-0.05, 0) is 48.7 Å². The van der Waals surface area contributed by atoms with Crippen molar-refractivity contribution in [1.29, 1.82) is 0 Å². The number of ether oxygens (including phenoxy) is 2. The number of likely N-dealkylation sites (tertiary alicyclic amines) is 1. The second-order valence-corrected chi connectivity index (χ2v) is 6.66. The fourth-order valence-electron chi connectivity index (χ4n) is 3.89. The Balaban J connectivity index is 1.72. The van der Waals surface area contributed by atoms with Gasteiger partial charge in [0.1, 0.15) is 11.9 Å². The molecular weight excluding hydrogens is 286 g/mol. The van der Waals surface area contributed by atoms with E-state index in [1.807, 2.05) is 12.1 Å². The van der Waals surface area contributed by atoms with Gasteiger partial charge in [-0.3, -0.25) is 0 Å². The summed E-state index contributed by atoms with van der Waals surface area (Å²) in [6.07, 6.45) is 2.15. The van der Waals surface area contributed by atoms with Gasteiger partial charge >= 0.3 is 0 Å². The molecule has 1 unspecified atom stereocenters. The van der Waals surface area contributed by atoms with Crippen LogP contribution in [-0.4, -0.2) is 32.1 Å². The molecule has 2 aromatic carbocycles. The van der Waals surface area contributed by atoms with Crippen LogP contribution in [0.3, 0.4) is 0 Å². The highest BCUT2D eigenvalue weighted by molar-refractivity contribution is 5.44. The Kier molecular flexibility index (Phi) is 3.63. The van der Waals surface area contributed by atoms with Gasteiger partial charge in [0.05, 0.1) is 12.7 Å². The molecule has 0 aliphatic carbocycles. The summed E-state index contributed by atoms with van der Waals surface area (Å²) < 4.78 is 12.0. The van der Waals surface area contributed by atoms with Crippen molar-refractivity contribution in [2.75, 3.05) is 27.2 Å². The second-order valence-electron chi connectivity index (χ2n) is 6.66. The number of methoxy groups -OCH3 is 1. The molecule has 1 saturated heterocycles. The second kappa shape index (κ2) is 5.66. The SMILES string of the molecule is COc1ccc(C2OC3(CCN(C)CC3)c3ccccc32)cc1. The van der Waals surface area contributed by atoms with E-state index < -0.39 is 0 Å². The lowest BCUT2D eigenvalue weighted by atomic mass is 9.83. The Hall–Kier alpha value is -1.84. The molecule has 0 amide bonds. The average molecular weight is 309 g/mol. The average Bonchev–Trinajstić information content (AvgIpc) is 2.93. The third-order valence-electron chi connectivity index (χ3n) is 5.29. The monoisotopic (exact) mass is 309 g/mol. The standard InChI is InChI=1S/C20H23NO2/c1-21-13-11-20(12-14-21)18-6-4-3-5-17(18)19(23-20)15-7-9-16(22-2)10-8-15/h3-10,19H,11-14H2,1-2H3. The summed E-state index contributed by atoms with van der Waals surface area (Å²) in [5.74, 6) is 0.883. The molecule has 23 heavy (non-hydrogen) atoms. The molecule has 0 radical (unpaired) electrons. The van der Waals surface area contributed by atoms with E-state index in [2.05, 4.69) is 48.3 Å². The summed E-state index contributed by atoms with van der Waals surface area (Å²) in [5, 5.41) is 0. The number of hydrogen-bond donors (Lipinski definition) is 0. The van der Waals surface area contributed by atoms with Crippen molar-refractivity contribution in [2.45, 2.75) is 24.5 Å². The summed E-state index contributed by atoms with van der Waals surface area (Å²) in [6, 6.07) is 17.0. The van der Waals surface area contributed by atoms with Crippen LogP contribution in [0, 0.1) is 0 Å². The number of nitrogens with zero attached hydrogens (tertiary/aromatic N) is 1. The topological polar surface area (TPSA) is 21.7 Å². The van der Waals surface area contributed by atoms with Crippen molar-refractivity contribution in [3.8, 4) is 5.75 Å². The van der Waals surface area contributed by atoms with E-state index in [1.54, 1.807) is 7.11 Å². The van der Waals surface area contributed by atoms with E-state index >= 15 is 0 Å². The number of fused-ring (bicyclic) bond motifs is 2. The molecule has 0 N–H and O–H groups in total. The van der Waals surface area contributed by atoms with E-state index in [1.165, 1.54) is 16.7 Å². The van der Waals surface area contributed by atoms with Gasteiger partial charge in [0.15, 0.2) is 0 Å². The molecule has 3 nitrogen and oxygen atoms in total. The molecule has 120 valence electrons. The van der Waals surface area contributed by atoms with Crippen LogP contribution >= 0.6 is 0 Å². The zero-order valence-electron chi connectivity index (χ0n) is 13.8. The molecule has 2 aliphatic rings. The molecule has 3 heteroatoms. The minimum Gasteiger partial charge on any atom is -0.497 e. The first kappa shape index (κ1) is 14.7. The van der Waals surface area contributed by atoms with Crippen molar-refractivity contribution in [2.24, 2.45) is 0 Å². The minimum absolute atomic E-state index is 0.0283. The van der Waals surface area contributed by atoms with Crippen LogP contribution in [0.25, 0.3) is 0 Å². The van der Waals surface area contributed by atoms with Gasteiger partial charge in [0.2, 0.25) is 0 Å². The van der Waals surface area contributed by atoms with Crippen LogP contribution in [0.15, 0.2) is 48.5 Å². The Labute approximate surface area is 137 Å². The van der Waals surface area contributed by atoms with Crippen LogP contribution in [0.2, 0.25) is 0 Å². The largest absolute Gasteiger partial charge is 0.497 e. The fraction of sp³-hybridized carbons (Fsp3) is 0.400. The summed E-state index contributed by atoms with van der Waals surface area (Å²) in [5.41, 5.74) is 3.79. The lowest BCUT2D eigenvalue weighted by Gasteiger charge is -2.38. The molecule has 1 fully saturated rings. The Bertz CT molecular complexity index is 687. The van der Waals surface area contributed by atoms with Crippen LogP contribution in [0.4, 0.5) is 0 Å². The molecule has 0 saturated carbocycles. The van der Waals surface area contributed by atoms with Crippen molar-refractivity contribution in [3.63, 3.8) is 0 Å². The lowest BCUT2D eigenvalue weighted by Crippen LogP contribution is -2.40. The normalized spacial score (nSPS) is 23.0. The molecule has 2 aliphatic heterocycles. The van der Waals surface area contributed by atoms with Crippen molar-refractivity contribution in [1.82, 2.24) is 4.90 Å². The first-order valence-corrected chi connectivity index (χ1v) is 8.32. The van der Waals surface area contributed by atoms with Crippen LogP contribution in [0.1, 0.15) is 35.6 Å². The maximum Gasteiger partial charge on any atom is 0.118 e. The number of rotatable bonds is 2. The number of hydrogen-bond acceptors (Lipinski definition) is 3. The number of benzene rings is 2. The van der Waals surface area contributed by atoms with E-state index in [0.717, 1.165) is 31.7 Å². The third kappa shape index (κ3) is 2.44. The fourth-order valence-corrected chi connectivity index (χ4v) is 3.89. The number of piperidine rings is 1. The Morgan fingerprint density at radius 2 is 1.74 bits per heavy atom. The minimum atomic E-state index is -0.117. The molecule has 2 aromatic rings. The summed E-state index contributed by atoms with van der Waals surface area (Å²) >= 11 is 0. The van der Waals surface area contributed by atoms with Crippen LogP contribution < -0.4 is 4.74 Å². The smallest absolute Gasteiger partial charge is 0.118 e. The predicted molar refractivity (Wildman–Crippen MR) is 90.8 cm³/mol. The van der Waals surface area contributed by atoms with Gasteiger partial charge in [-0.15, -0.1) is 0 Å². The zero-order chi connectivity index (χ0) is 15.9. The predicted octanol–water partition coefficient (Wildman–Crippen LogP) is 3.74. The van der Waals surface area contributed by atoms with Crippen LogP contribution in [-0.2, 0) is 10.3 Å². The maximum atomic E-state index is 6.70. The molecule has 0 bridgehead atoms. The maximum absolute atomic E-state index is 6.70. The summed E-state index contributed by atoms with van der Waals surface area (Å²) in [7, 11) is 3.89. The van der Waals surface area contributed by atoms with Gasteiger partial charge in [-0.2, -0.15) is 0 Å². The summed E-state index contributed by atoms with van der Waals surface area (Å²) in [6.45, 7) is 2.17. The summed E-state index contributed by atoms with van der Waals surface area (Å²) in [4.78, 5) is 2.39. The van der Waals surface area contributed by atoms with Gasteiger partial charge < -0.3 is 14.4 Å². The highest BCUT2D eigenvalue weighted by Gasteiger charge is 2.46. The Morgan fingerprint density at radius 3 is 2.43 bits per heavy atom. The lowest BCUT2D eigenvalue weighted by molar-refractivity contribution is -0.0941. The third-order valence-corrected chi connectivity index (χ3v) is 5.29. The van der Waals surface area contributed by atoms with Gasteiger partial charge in [0, 0.05) is 13.1 Å². The molecular formula is C20H23NO2. The molecule has 1 atom stereocenters. The highest BCUT2D eigenvalue weighted by atomic mass is 16.5. The van der Waals surface area contributed by atoms with E-state index in [9.17, 15) is 0 Å². The first-order chi connectivity index (χ1) is 11.2. The van der Waals surface area contributed by atoms with Crippen molar-refractivity contribution >= 4 is 0 Å². The quantitative estimate of drug-likeness (QED) is 0.843. The van der Waals surface area contributed by atoms with Gasteiger partial charge in [-0.25, -0.2) is 0 Å². The van der Waals surface area contributed by atoms with E-state index in [-0.39, 0.29) is 11.7 Å².